The number of hydrogen-bond donors (Lipinski definition) is 1. The van der Waals surface area contributed by atoms with Gasteiger partial charge < -0.3 is 9.84 Å². The quantitative estimate of drug-likeness (QED) is 0.797. The van der Waals surface area contributed by atoms with Crippen LogP contribution in [0, 0.1) is 12.7 Å². The second-order valence-electron chi connectivity index (χ2n) is 6.13. The number of amides is 1. The first-order chi connectivity index (χ1) is 11.6. The SMILES string of the molecule is Cc1noc2nc(C3CC3)cc(C(=O)NCc3ccc(F)cc3)c12. The minimum atomic E-state index is -0.296. The molecule has 2 aromatic heterocycles. The third-order valence-electron chi connectivity index (χ3n) is 4.24. The lowest BCUT2D eigenvalue weighted by Gasteiger charge is -2.08. The van der Waals surface area contributed by atoms with Crippen molar-refractivity contribution in [2.24, 2.45) is 0 Å². The van der Waals surface area contributed by atoms with Crippen LogP contribution in [0.5, 0.6) is 0 Å². The third-order valence-corrected chi connectivity index (χ3v) is 4.24. The summed E-state index contributed by atoms with van der Waals surface area (Å²) in [6.45, 7) is 2.12. The van der Waals surface area contributed by atoms with Crippen LogP contribution in [0.2, 0.25) is 0 Å². The summed E-state index contributed by atoms with van der Waals surface area (Å²) in [5, 5.41) is 7.45. The molecule has 1 N–H and O–H groups in total. The molecule has 0 radical (unpaired) electrons. The molecule has 24 heavy (non-hydrogen) atoms. The molecule has 5 nitrogen and oxygen atoms in total. The van der Waals surface area contributed by atoms with Gasteiger partial charge in [-0.15, -0.1) is 0 Å². The number of aryl methyl sites for hydroxylation is 1. The van der Waals surface area contributed by atoms with E-state index in [0.717, 1.165) is 24.1 Å². The number of carbonyl (C=O) groups is 1. The standard InChI is InChI=1S/C18H16FN3O2/c1-10-16-14(8-15(12-4-5-12)21-18(16)24-22-10)17(23)20-9-11-2-6-13(19)7-3-11/h2-3,6-8,12H,4-5,9H2,1H3,(H,20,23). The smallest absolute Gasteiger partial charge is 0.259 e. The fourth-order valence-corrected chi connectivity index (χ4v) is 2.76. The van der Waals surface area contributed by atoms with E-state index in [9.17, 15) is 9.18 Å². The Labute approximate surface area is 137 Å². The minimum Gasteiger partial charge on any atom is -0.348 e. The first kappa shape index (κ1) is 14.8. The van der Waals surface area contributed by atoms with Gasteiger partial charge in [0.1, 0.15) is 5.82 Å². The first-order valence-electron chi connectivity index (χ1n) is 7.91. The molecule has 1 aliphatic rings. The first-order valence-corrected chi connectivity index (χ1v) is 7.91. The van der Waals surface area contributed by atoms with Gasteiger partial charge in [0.15, 0.2) is 0 Å². The van der Waals surface area contributed by atoms with E-state index in [4.69, 9.17) is 4.52 Å². The maximum absolute atomic E-state index is 12.9. The molecule has 0 spiro atoms. The Morgan fingerprint density at radius 2 is 2.08 bits per heavy atom. The highest BCUT2D eigenvalue weighted by Crippen LogP contribution is 2.40. The number of halogens is 1. The van der Waals surface area contributed by atoms with Crippen LogP contribution in [-0.4, -0.2) is 16.0 Å². The molecule has 1 aromatic carbocycles. The third kappa shape index (κ3) is 2.75. The van der Waals surface area contributed by atoms with E-state index in [0.29, 0.717) is 34.8 Å². The Morgan fingerprint density at radius 3 is 2.79 bits per heavy atom. The number of aromatic nitrogens is 2. The largest absolute Gasteiger partial charge is 0.348 e. The van der Waals surface area contributed by atoms with Crippen LogP contribution in [0.3, 0.4) is 0 Å². The van der Waals surface area contributed by atoms with Gasteiger partial charge in [0.25, 0.3) is 11.6 Å². The van der Waals surface area contributed by atoms with Gasteiger partial charge in [-0.3, -0.25) is 4.79 Å². The lowest BCUT2D eigenvalue weighted by molar-refractivity contribution is 0.0952. The molecule has 3 aromatic rings. The molecule has 6 heteroatoms. The summed E-state index contributed by atoms with van der Waals surface area (Å²) in [4.78, 5) is 17.1. The minimum absolute atomic E-state index is 0.208. The lowest BCUT2D eigenvalue weighted by Crippen LogP contribution is -2.23. The number of fused-ring (bicyclic) bond motifs is 1. The van der Waals surface area contributed by atoms with E-state index in [-0.39, 0.29) is 11.7 Å². The molecule has 1 saturated carbocycles. The number of carbonyl (C=O) groups excluding carboxylic acids is 1. The summed E-state index contributed by atoms with van der Waals surface area (Å²) in [7, 11) is 0. The van der Waals surface area contributed by atoms with Crippen molar-refractivity contribution in [3.8, 4) is 0 Å². The van der Waals surface area contributed by atoms with Crippen molar-refractivity contribution in [1.29, 1.82) is 0 Å². The number of nitrogens with zero attached hydrogens (tertiary/aromatic N) is 2. The molecule has 122 valence electrons. The fraction of sp³-hybridized carbons (Fsp3) is 0.278. The van der Waals surface area contributed by atoms with Gasteiger partial charge in [0.2, 0.25) is 0 Å². The van der Waals surface area contributed by atoms with Crippen LogP contribution in [0.4, 0.5) is 4.39 Å². The van der Waals surface area contributed by atoms with Crippen LogP contribution in [0.1, 0.15) is 46.1 Å². The summed E-state index contributed by atoms with van der Waals surface area (Å²) < 4.78 is 18.2. The highest BCUT2D eigenvalue weighted by Gasteiger charge is 2.28. The highest BCUT2D eigenvalue weighted by molar-refractivity contribution is 6.06. The summed E-state index contributed by atoms with van der Waals surface area (Å²) in [6, 6.07) is 7.89. The molecule has 1 fully saturated rings. The van der Waals surface area contributed by atoms with Gasteiger partial charge in [-0.1, -0.05) is 17.3 Å². The molecule has 0 aliphatic heterocycles. The van der Waals surface area contributed by atoms with Gasteiger partial charge in [-0.2, -0.15) is 0 Å². The Hall–Kier alpha value is -2.76. The summed E-state index contributed by atoms with van der Waals surface area (Å²) in [5.41, 5.74) is 3.29. The number of benzene rings is 1. The van der Waals surface area contributed by atoms with Crippen molar-refractivity contribution in [3.63, 3.8) is 0 Å². The van der Waals surface area contributed by atoms with Crippen LogP contribution in [-0.2, 0) is 6.54 Å². The zero-order valence-corrected chi connectivity index (χ0v) is 13.2. The van der Waals surface area contributed by atoms with E-state index in [1.807, 2.05) is 6.07 Å². The fourth-order valence-electron chi connectivity index (χ4n) is 2.76. The van der Waals surface area contributed by atoms with Gasteiger partial charge in [-0.05, 0) is 43.5 Å². The number of hydrogen-bond acceptors (Lipinski definition) is 4. The zero-order chi connectivity index (χ0) is 16.7. The molecule has 0 bridgehead atoms. The van der Waals surface area contributed by atoms with Crippen molar-refractivity contribution in [1.82, 2.24) is 15.5 Å². The van der Waals surface area contributed by atoms with Crippen LogP contribution < -0.4 is 5.32 Å². The zero-order valence-electron chi connectivity index (χ0n) is 13.2. The second kappa shape index (κ2) is 5.70. The Bertz CT molecular complexity index is 914. The van der Waals surface area contributed by atoms with Crippen LogP contribution >= 0.6 is 0 Å². The second-order valence-corrected chi connectivity index (χ2v) is 6.13. The van der Waals surface area contributed by atoms with E-state index in [1.54, 1.807) is 19.1 Å². The van der Waals surface area contributed by atoms with E-state index >= 15 is 0 Å². The highest BCUT2D eigenvalue weighted by atomic mass is 19.1. The Kier molecular flexibility index (Phi) is 3.52. The molecule has 0 unspecified atom stereocenters. The summed E-state index contributed by atoms with van der Waals surface area (Å²) in [5.74, 6) is -0.0986. The summed E-state index contributed by atoms with van der Waals surface area (Å²) in [6.07, 6.45) is 2.17. The number of rotatable bonds is 4. The molecule has 1 amide bonds. The Balaban J connectivity index is 1.63. The van der Waals surface area contributed by atoms with Crippen molar-refractivity contribution >= 4 is 17.0 Å². The van der Waals surface area contributed by atoms with Crippen molar-refractivity contribution in [3.05, 3.63) is 58.7 Å². The lowest BCUT2D eigenvalue weighted by atomic mass is 10.1. The molecule has 0 saturated heterocycles. The monoisotopic (exact) mass is 325 g/mol. The van der Waals surface area contributed by atoms with Crippen LogP contribution in [0.15, 0.2) is 34.9 Å². The van der Waals surface area contributed by atoms with Gasteiger partial charge >= 0.3 is 0 Å². The summed E-state index contributed by atoms with van der Waals surface area (Å²) >= 11 is 0. The van der Waals surface area contributed by atoms with Crippen molar-refractivity contribution < 1.29 is 13.7 Å². The van der Waals surface area contributed by atoms with Crippen LogP contribution in [0.25, 0.3) is 11.1 Å². The molecule has 2 heterocycles. The molecular weight excluding hydrogens is 309 g/mol. The molecule has 4 rings (SSSR count). The maximum atomic E-state index is 12.9. The van der Waals surface area contributed by atoms with Gasteiger partial charge in [0.05, 0.1) is 16.6 Å². The topological polar surface area (TPSA) is 68.0 Å². The van der Waals surface area contributed by atoms with Crippen molar-refractivity contribution in [2.75, 3.05) is 0 Å². The van der Waals surface area contributed by atoms with Gasteiger partial charge in [-0.25, -0.2) is 9.37 Å². The number of nitrogens with one attached hydrogen (secondary N) is 1. The molecular formula is C18H16FN3O2. The van der Waals surface area contributed by atoms with E-state index < -0.39 is 0 Å². The predicted octanol–water partition coefficient (Wildman–Crippen LogP) is 3.48. The average molecular weight is 325 g/mol. The van der Waals surface area contributed by atoms with E-state index in [2.05, 4.69) is 15.5 Å². The average Bonchev–Trinajstić information content (AvgIpc) is 3.37. The number of pyridine rings is 1. The van der Waals surface area contributed by atoms with E-state index in [1.165, 1.54) is 12.1 Å². The maximum Gasteiger partial charge on any atom is 0.259 e. The molecule has 0 atom stereocenters. The van der Waals surface area contributed by atoms with Gasteiger partial charge in [0, 0.05) is 18.2 Å². The Morgan fingerprint density at radius 1 is 1.33 bits per heavy atom. The molecule has 1 aliphatic carbocycles. The normalized spacial score (nSPS) is 14.1. The van der Waals surface area contributed by atoms with Crippen molar-refractivity contribution in [2.45, 2.75) is 32.2 Å². The predicted molar refractivity (Wildman–Crippen MR) is 86.1 cm³/mol.